The van der Waals surface area contributed by atoms with Gasteiger partial charge in [0, 0.05) is 18.7 Å². The summed E-state index contributed by atoms with van der Waals surface area (Å²) in [4.78, 5) is 14.7. The molecule has 1 N–H and O–H groups in total. The number of piperidine rings is 1. The molecule has 0 spiro atoms. The Morgan fingerprint density at radius 2 is 2.00 bits per heavy atom. The molecule has 1 aliphatic heterocycles. The third-order valence-electron chi connectivity index (χ3n) is 5.88. The minimum atomic E-state index is -4.47. The molecule has 2 aromatic heterocycles. The van der Waals surface area contributed by atoms with Gasteiger partial charge in [-0.15, -0.1) is 10.2 Å². The van der Waals surface area contributed by atoms with Gasteiger partial charge in [-0.1, -0.05) is 6.07 Å². The van der Waals surface area contributed by atoms with Crippen LogP contribution in [0.3, 0.4) is 0 Å². The van der Waals surface area contributed by atoms with E-state index in [1.54, 1.807) is 19.9 Å². The van der Waals surface area contributed by atoms with E-state index in [-0.39, 0.29) is 17.5 Å². The number of nitrogens with zero attached hydrogens (tertiary/aromatic N) is 4. The van der Waals surface area contributed by atoms with Gasteiger partial charge in [0.2, 0.25) is 5.91 Å². The number of anilines is 1. The predicted molar refractivity (Wildman–Crippen MR) is 111 cm³/mol. The fourth-order valence-electron chi connectivity index (χ4n) is 4.05. The molecular weight excluding hydrogens is 426 g/mol. The molecule has 3 heterocycles. The summed E-state index contributed by atoms with van der Waals surface area (Å²) in [6.45, 7) is 4.57. The molecule has 1 aromatic carbocycles. The van der Waals surface area contributed by atoms with Crippen LogP contribution in [0.1, 0.15) is 42.6 Å². The molecule has 170 valence electrons. The Morgan fingerprint density at radius 3 is 2.72 bits per heavy atom. The summed E-state index contributed by atoms with van der Waals surface area (Å²) in [7, 11) is 0. The topological polar surface area (TPSA) is 62.5 Å². The van der Waals surface area contributed by atoms with Crippen LogP contribution in [-0.4, -0.2) is 44.5 Å². The molecule has 6 nitrogen and oxygen atoms in total. The lowest BCUT2D eigenvalue weighted by atomic mass is 9.96. The first-order valence-electron chi connectivity index (χ1n) is 10.4. The first kappa shape index (κ1) is 22.2. The van der Waals surface area contributed by atoms with Crippen molar-refractivity contribution in [2.45, 2.75) is 44.8 Å². The Hall–Kier alpha value is -3.01. The van der Waals surface area contributed by atoms with E-state index in [1.807, 2.05) is 4.90 Å². The normalized spacial score (nSPS) is 18.6. The van der Waals surface area contributed by atoms with Crippen LogP contribution < -0.4 is 5.32 Å². The predicted octanol–water partition coefficient (Wildman–Crippen LogP) is 4.40. The summed E-state index contributed by atoms with van der Waals surface area (Å²) in [6, 6.07) is 6.32. The molecule has 1 saturated heterocycles. The van der Waals surface area contributed by atoms with Gasteiger partial charge in [-0.25, -0.2) is 4.39 Å². The Balaban J connectivity index is 1.51. The van der Waals surface area contributed by atoms with Crippen molar-refractivity contribution < 1.29 is 22.4 Å². The van der Waals surface area contributed by atoms with E-state index >= 15 is 0 Å². The molecule has 4 rings (SSSR count). The van der Waals surface area contributed by atoms with E-state index in [4.69, 9.17) is 0 Å². The van der Waals surface area contributed by atoms with Gasteiger partial charge in [0.05, 0.1) is 17.3 Å². The minimum absolute atomic E-state index is 0.115. The second-order valence-corrected chi connectivity index (χ2v) is 8.18. The van der Waals surface area contributed by atoms with Crippen molar-refractivity contribution >= 4 is 17.2 Å². The number of halogens is 4. The van der Waals surface area contributed by atoms with E-state index in [0.717, 1.165) is 24.2 Å². The second-order valence-electron chi connectivity index (χ2n) is 8.18. The summed E-state index contributed by atoms with van der Waals surface area (Å²) in [5.41, 5.74) is 0.433. The Morgan fingerprint density at radius 1 is 1.22 bits per heavy atom. The van der Waals surface area contributed by atoms with Gasteiger partial charge in [0.25, 0.3) is 0 Å². The summed E-state index contributed by atoms with van der Waals surface area (Å²) in [5, 5.41) is 10.8. The van der Waals surface area contributed by atoms with Crippen LogP contribution >= 0.6 is 0 Å². The molecule has 1 amide bonds. The lowest BCUT2D eigenvalue weighted by molar-refractivity contribution is -0.137. The molecule has 2 atom stereocenters. The summed E-state index contributed by atoms with van der Waals surface area (Å²) < 4.78 is 54.9. The quantitative estimate of drug-likeness (QED) is 0.600. The molecule has 10 heteroatoms. The number of hydrogen-bond acceptors (Lipinski definition) is 4. The maximum absolute atomic E-state index is 14.1. The fourth-order valence-corrected chi connectivity index (χ4v) is 4.05. The summed E-state index contributed by atoms with van der Waals surface area (Å²) in [5.74, 6) is -0.599. The number of hydrogen-bond donors (Lipinski definition) is 1. The van der Waals surface area contributed by atoms with E-state index in [9.17, 15) is 22.4 Å². The van der Waals surface area contributed by atoms with Crippen LogP contribution in [0.4, 0.5) is 23.2 Å². The van der Waals surface area contributed by atoms with Crippen molar-refractivity contribution in [3.63, 3.8) is 0 Å². The number of alkyl halides is 3. The van der Waals surface area contributed by atoms with Crippen LogP contribution in [-0.2, 0) is 11.0 Å². The number of rotatable bonds is 4. The average molecular weight is 449 g/mol. The standard InChI is InChI=1S/C22H23F4N5O/c1-13-5-7-18(17(23)10-13)27-21(32)14(2)30-9-3-4-15(11-30)20-29-28-19-8-6-16(12-31(19)20)22(24,25)26/h5-8,10,12,14-15H,3-4,9,11H2,1-2H3,(H,27,32). The van der Waals surface area contributed by atoms with Gasteiger partial charge < -0.3 is 5.32 Å². The lowest BCUT2D eigenvalue weighted by Gasteiger charge is -2.35. The Kier molecular flexibility index (Phi) is 5.89. The van der Waals surface area contributed by atoms with Crippen molar-refractivity contribution in [2.24, 2.45) is 0 Å². The van der Waals surface area contributed by atoms with Crippen molar-refractivity contribution in [1.82, 2.24) is 19.5 Å². The summed E-state index contributed by atoms with van der Waals surface area (Å²) in [6.07, 6.45) is -1.99. The molecule has 0 saturated carbocycles. The Labute approximate surface area is 182 Å². The third-order valence-corrected chi connectivity index (χ3v) is 5.88. The van der Waals surface area contributed by atoms with E-state index in [1.165, 1.54) is 22.6 Å². The highest BCUT2D eigenvalue weighted by atomic mass is 19.4. The van der Waals surface area contributed by atoms with Gasteiger partial charge >= 0.3 is 6.18 Å². The van der Waals surface area contributed by atoms with Crippen LogP contribution in [0.2, 0.25) is 0 Å². The highest BCUT2D eigenvalue weighted by molar-refractivity contribution is 5.94. The number of aromatic nitrogens is 3. The number of fused-ring (bicyclic) bond motifs is 1. The fraction of sp³-hybridized carbons (Fsp3) is 0.409. The smallest absolute Gasteiger partial charge is 0.322 e. The number of carbonyl (C=O) groups is 1. The zero-order chi connectivity index (χ0) is 23.0. The van der Waals surface area contributed by atoms with Crippen molar-refractivity contribution in [2.75, 3.05) is 18.4 Å². The number of nitrogens with one attached hydrogen (secondary N) is 1. The second kappa shape index (κ2) is 8.50. The van der Waals surface area contributed by atoms with Gasteiger partial charge in [0.15, 0.2) is 5.65 Å². The molecule has 32 heavy (non-hydrogen) atoms. The maximum Gasteiger partial charge on any atom is 0.417 e. The SMILES string of the molecule is Cc1ccc(NC(=O)C(C)N2CCCC(c3nnc4ccc(C(F)(F)F)cn34)C2)c(F)c1. The number of pyridine rings is 1. The molecule has 0 radical (unpaired) electrons. The number of likely N-dealkylation sites (tertiary alicyclic amines) is 1. The highest BCUT2D eigenvalue weighted by Gasteiger charge is 2.33. The zero-order valence-electron chi connectivity index (χ0n) is 17.7. The van der Waals surface area contributed by atoms with Gasteiger partial charge in [-0.3, -0.25) is 14.1 Å². The number of amides is 1. The highest BCUT2D eigenvalue weighted by Crippen LogP contribution is 2.32. The van der Waals surface area contributed by atoms with Crippen LogP contribution in [0.15, 0.2) is 36.5 Å². The van der Waals surface area contributed by atoms with Crippen LogP contribution in [0.5, 0.6) is 0 Å². The van der Waals surface area contributed by atoms with Crippen LogP contribution in [0.25, 0.3) is 5.65 Å². The van der Waals surface area contributed by atoms with Crippen molar-refractivity contribution in [3.05, 3.63) is 59.3 Å². The molecule has 1 aliphatic rings. The summed E-state index contributed by atoms with van der Waals surface area (Å²) >= 11 is 0. The third kappa shape index (κ3) is 4.45. The van der Waals surface area contributed by atoms with E-state index in [0.29, 0.717) is 31.0 Å². The van der Waals surface area contributed by atoms with Crippen molar-refractivity contribution in [3.8, 4) is 0 Å². The van der Waals surface area contributed by atoms with Crippen molar-refractivity contribution in [1.29, 1.82) is 0 Å². The van der Waals surface area contributed by atoms with E-state index < -0.39 is 23.6 Å². The number of benzene rings is 1. The van der Waals surface area contributed by atoms with Gasteiger partial charge in [0.1, 0.15) is 11.6 Å². The zero-order valence-corrected chi connectivity index (χ0v) is 17.7. The largest absolute Gasteiger partial charge is 0.417 e. The maximum atomic E-state index is 14.1. The van der Waals surface area contributed by atoms with E-state index in [2.05, 4.69) is 15.5 Å². The lowest BCUT2D eigenvalue weighted by Crippen LogP contribution is -2.46. The average Bonchev–Trinajstić information content (AvgIpc) is 3.18. The monoisotopic (exact) mass is 449 g/mol. The van der Waals surface area contributed by atoms with Gasteiger partial charge in [-0.05, 0) is 63.1 Å². The molecule has 0 aliphatic carbocycles. The first-order valence-corrected chi connectivity index (χ1v) is 10.4. The van der Waals surface area contributed by atoms with Gasteiger partial charge in [-0.2, -0.15) is 13.2 Å². The molecule has 0 bridgehead atoms. The molecule has 1 fully saturated rings. The first-order chi connectivity index (χ1) is 15.1. The molecule has 2 unspecified atom stereocenters. The van der Waals surface area contributed by atoms with Crippen LogP contribution in [0, 0.1) is 12.7 Å². The number of aryl methyl sites for hydroxylation is 1. The molecular formula is C22H23F4N5O. The number of carbonyl (C=O) groups excluding carboxylic acids is 1. The Bertz CT molecular complexity index is 1140. The molecule has 3 aromatic rings. The minimum Gasteiger partial charge on any atom is -0.322 e.